The highest BCUT2D eigenvalue weighted by atomic mass is 16.3. The fourth-order valence-electron chi connectivity index (χ4n) is 1.53. The van der Waals surface area contributed by atoms with Crippen LogP contribution < -0.4 is 5.32 Å². The number of nitrogens with one attached hydrogen (secondary N) is 1. The van der Waals surface area contributed by atoms with Crippen molar-refractivity contribution in [2.24, 2.45) is 0 Å². The van der Waals surface area contributed by atoms with Crippen molar-refractivity contribution in [3.8, 4) is 11.8 Å². The van der Waals surface area contributed by atoms with Gasteiger partial charge in [-0.25, -0.2) is 0 Å². The quantitative estimate of drug-likeness (QED) is 0.793. The van der Waals surface area contributed by atoms with Crippen LogP contribution in [0.1, 0.15) is 32.3 Å². The van der Waals surface area contributed by atoms with Gasteiger partial charge in [-0.15, -0.1) is 0 Å². The van der Waals surface area contributed by atoms with E-state index in [1.54, 1.807) is 0 Å². The molecule has 1 amide bonds. The topological polar surface area (TPSA) is 49.3 Å². The van der Waals surface area contributed by atoms with Crippen LogP contribution in [0.5, 0.6) is 0 Å². The van der Waals surface area contributed by atoms with Gasteiger partial charge in [-0.2, -0.15) is 0 Å². The molecule has 96 valence electrons. The summed E-state index contributed by atoms with van der Waals surface area (Å²) in [5.41, 5.74) is 0.421. The normalized spacial score (nSPS) is 13.1. The lowest BCUT2D eigenvalue weighted by molar-refractivity contribution is -0.117. The number of aliphatic hydroxyl groups is 1. The Morgan fingerprint density at radius 3 is 2.61 bits per heavy atom. The van der Waals surface area contributed by atoms with E-state index in [-0.39, 0.29) is 12.5 Å². The lowest BCUT2D eigenvalue weighted by atomic mass is 9.95. The first-order chi connectivity index (χ1) is 8.59. The van der Waals surface area contributed by atoms with Gasteiger partial charge in [-0.1, -0.05) is 31.0 Å². The monoisotopic (exact) mass is 245 g/mol. The molecular formula is C15H19NO2. The van der Waals surface area contributed by atoms with Crippen molar-refractivity contribution < 1.29 is 9.90 Å². The Morgan fingerprint density at radius 1 is 1.39 bits per heavy atom. The van der Waals surface area contributed by atoms with E-state index in [4.69, 9.17) is 5.11 Å². The molecule has 1 unspecified atom stereocenters. The van der Waals surface area contributed by atoms with Crippen LogP contribution >= 0.6 is 0 Å². The maximum absolute atomic E-state index is 11.7. The Labute approximate surface area is 108 Å². The Kier molecular flexibility index (Phi) is 5.41. The van der Waals surface area contributed by atoms with Gasteiger partial charge < -0.3 is 10.4 Å². The van der Waals surface area contributed by atoms with Crippen LogP contribution in [-0.2, 0) is 4.79 Å². The van der Waals surface area contributed by atoms with Gasteiger partial charge in [0.2, 0.25) is 0 Å². The van der Waals surface area contributed by atoms with Crippen molar-refractivity contribution >= 4 is 5.91 Å². The van der Waals surface area contributed by atoms with Crippen LogP contribution in [0.2, 0.25) is 0 Å². The zero-order chi connectivity index (χ0) is 13.4. The van der Waals surface area contributed by atoms with E-state index in [1.165, 1.54) is 0 Å². The molecule has 18 heavy (non-hydrogen) atoms. The van der Waals surface area contributed by atoms with Crippen molar-refractivity contribution in [3.63, 3.8) is 0 Å². The Morgan fingerprint density at radius 2 is 2.06 bits per heavy atom. The molecule has 1 rings (SSSR count). The molecule has 0 spiro atoms. The van der Waals surface area contributed by atoms with Crippen LogP contribution in [0.15, 0.2) is 30.3 Å². The second kappa shape index (κ2) is 6.83. The van der Waals surface area contributed by atoms with Gasteiger partial charge in [0.25, 0.3) is 5.91 Å². The molecule has 0 saturated heterocycles. The molecule has 0 aromatic heterocycles. The maximum atomic E-state index is 11.7. The average Bonchev–Trinajstić information content (AvgIpc) is 2.38. The van der Waals surface area contributed by atoms with E-state index in [1.807, 2.05) is 44.2 Å². The van der Waals surface area contributed by atoms with Crippen LogP contribution in [0.3, 0.4) is 0 Å². The largest absolute Gasteiger partial charge is 0.396 e. The third-order valence-electron chi connectivity index (χ3n) is 2.95. The molecule has 1 atom stereocenters. The Hall–Kier alpha value is -1.79. The number of aliphatic hydroxyl groups excluding tert-OH is 1. The number of hydrogen-bond acceptors (Lipinski definition) is 2. The summed E-state index contributed by atoms with van der Waals surface area (Å²) in [5, 5.41) is 11.8. The van der Waals surface area contributed by atoms with Crippen molar-refractivity contribution in [1.29, 1.82) is 0 Å². The zero-order valence-corrected chi connectivity index (χ0v) is 10.9. The van der Waals surface area contributed by atoms with Crippen molar-refractivity contribution in [2.75, 3.05) is 6.61 Å². The van der Waals surface area contributed by atoms with Gasteiger partial charge in [0, 0.05) is 23.6 Å². The third-order valence-corrected chi connectivity index (χ3v) is 2.95. The van der Waals surface area contributed by atoms with Crippen molar-refractivity contribution in [2.45, 2.75) is 32.2 Å². The van der Waals surface area contributed by atoms with Crippen molar-refractivity contribution in [1.82, 2.24) is 5.32 Å². The van der Waals surface area contributed by atoms with Gasteiger partial charge in [0.1, 0.15) is 0 Å². The first-order valence-corrected chi connectivity index (χ1v) is 6.10. The first kappa shape index (κ1) is 14.3. The minimum absolute atomic E-state index is 0.0523. The number of amides is 1. The molecule has 0 aliphatic rings. The van der Waals surface area contributed by atoms with Crippen molar-refractivity contribution in [3.05, 3.63) is 35.9 Å². The molecule has 0 saturated carbocycles. The molecule has 0 heterocycles. The highest BCUT2D eigenvalue weighted by molar-refractivity contribution is 5.94. The summed E-state index contributed by atoms with van der Waals surface area (Å²) in [5.74, 6) is 5.07. The highest BCUT2D eigenvalue weighted by Crippen LogP contribution is 2.13. The number of hydrogen-bond donors (Lipinski definition) is 2. The summed E-state index contributed by atoms with van der Waals surface area (Å²) in [4.78, 5) is 11.7. The molecule has 3 nitrogen and oxygen atoms in total. The van der Waals surface area contributed by atoms with E-state index < -0.39 is 5.54 Å². The summed E-state index contributed by atoms with van der Waals surface area (Å²) < 4.78 is 0. The lowest BCUT2D eigenvalue weighted by Gasteiger charge is -2.27. The molecule has 0 fully saturated rings. The summed E-state index contributed by atoms with van der Waals surface area (Å²) in [6.45, 7) is 3.93. The summed E-state index contributed by atoms with van der Waals surface area (Å²) in [6.07, 6.45) is 1.29. The first-order valence-electron chi connectivity index (χ1n) is 6.10. The van der Waals surface area contributed by atoms with Gasteiger partial charge in [-0.3, -0.25) is 4.79 Å². The van der Waals surface area contributed by atoms with Crippen LogP contribution in [0.4, 0.5) is 0 Å². The molecule has 1 aromatic rings. The standard InChI is InChI=1S/C15H19NO2/c1-3-15(2,11-12-17)16-14(18)10-9-13-7-5-4-6-8-13/h4-8,17H,3,11-12H2,1-2H3,(H,16,18). The SMILES string of the molecule is CCC(C)(CCO)NC(=O)C#Cc1ccccc1. The van der Waals surface area contributed by atoms with Gasteiger partial charge in [0.15, 0.2) is 0 Å². The number of carbonyl (C=O) groups excluding carboxylic acids is 1. The maximum Gasteiger partial charge on any atom is 0.296 e. The summed E-state index contributed by atoms with van der Waals surface area (Å²) >= 11 is 0. The number of carbonyl (C=O) groups is 1. The zero-order valence-electron chi connectivity index (χ0n) is 10.9. The fourth-order valence-corrected chi connectivity index (χ4v) is 1.53. The predicted octanol–water partition coefficient (Wildman–Crippen LogP) is 1.71. The van der Waals surface area contributed by atoms with Crippen LogP contribution in [-0.4, -0.2) is 23.2 Å². The lowest BCUT2D eigenvalue weighted by Crippen LogP contribution is -2.45. The third kappa shape index (κ3) is 4.60. The second-order valence-electron chi connectivity index (χ2n) is 4.46. The second-order valence-corrected chi connectivity index (χ2v) is 4.46. The highest BCUT2D eigenvalue weighted by Gasteiger charge is 2.22. The summed E-state index contributed by atoms with van der Waals surface area (Å²) in [6, 6.07) is 9.37. The minimum Gasteiger partial charge on any atom is -0.396 e. The molecule has 0 bridgehead atoms. The molecule has 1 aromatic carbocycles. The fraction of sp³-hybridized carbons (Fsp3) is 0.400. The molecular weight excluding hydrogens is 226 g/mol. The average molecular weight is 245 g/mol. The Bertz CT molecular complexity index is 445. The number of rotatable bonds is 4. The van der Waals surface area contributed by atoms with E-state index in [0.29, 0.717) is 6.42 Å². The van der Waals surface area contributed by atoms with E-state index in [2.05, 4.69) is 17.2 Å². The minimum atomic E-state index is -0.392. The van der Waals surface area contributed by atoms with Crippen LogP contribution in [0.25, 0.3) is 0 Å². The van der Waals surface area contributed by atoms with E-state index in [9.17, 15) is 4.79 Å². The molecule has 0 aliphatic heterocycles. The molecule has 2 N–H and O–H groups in total. The van der Waals surface area contributed by atoms with E-state index >= 15 is 0 Å². The Balaban J connectivity index is 2.64. The van der Waals surface area contributed by atoms with Gasteiger partial charge >= 0.3 is 0 Å². The molecule has 0 aliphatic carbocycles. The number of benzene rings is 1. The predicted molar refractivity (Wildman–Crippen MR) is 71.9 cm³/mol. The smallest absolute Gasteiger partial charge is 0.296 e. The van der Waals surface area contributed by atoms with Gasteiger partial charge in [0.05, 0.1) is 0 Å². The van der Waals surface area contributed by atoms with Crippen LogP contribution in [0, 0.1) is 11.8 Å². The van der Waals surface area contributed by atoms with E-state index in [0.717, 1.165) is 12.0 Å². The molecule has 3 heteroatoms. The summed E-state index contributed by atoms with van der Waals surface area (Å²) in [7, 11) is 0. The molecule has 0 radical (unpaired) electrons. The van der Waals surface area contributed by atoms with Gasteiger partial charge in [-0.05, 0) is 31.9 Å².